The quantitative estimate of drug-likeness (QED) is 0.539. The largest absolute Gasteiger partial charge is 0.478 e. The number of imidazole rings is 1. The first-order chi connectivity index (χ1) is 11.0. The topological polar surface area (TPSA) is 114 Å². The van der Waals surface area contributed by atoms with Gasteiger partial charge in [-0.05, 0) is 12.1 Å². The van der Waals surface area contributed by atoms with E-state index in [1.165, 1.54) is 31.8 Å². The van der Waals surface area contributed by atoms with Crippen molar-refractivity contribution in [1.82, 2.24) is 14.4 Å². The van der Waals surface area contributed by atoms with Crippen LogP contribution in [0.2, 0.25) is 0 Å². The number of fused-ring (bicyclic) bond motifs is 2. The molecule has 2 N–H and O–H groups in total. The number of hydrogen-bond acceptors (Lipinski definition) is 5. The van der Waals surface area contributed by atoms with Crippen molar-refractivity contribution in [3.05, 3.63) is 46.1 Å². The number of benzene rings is 1. The van der Waals surface area contributed by atoms with Gasteiger partial charge in [-0.3, -0.25) is 4.79 Å². The third kappa shape index (κ3) is 1.60. The number of carboxylic acids is 1. The van der Waals surface area contributed by atoms with Crippen molar-refractivity contribution < 1.29 is 19.4 Å². The molecule has 23 heavy (non-hydrogen) atoms. The zero-order valence-electron chi connectivity index (χ0n) is 11.8. The number of methoxy groups -OCH3 is 1. The third-order valence-corrected chi connectivity index (χ3v) is 3.86. The summed E-state index contributed by atoms with van der Waals surface area (Å²) in [7, 11) is 1.22. The first-order valence-corrected chi connectivity index (χ1v) is 6.62. The zero-order valence-corrected chi connectivity index (χ0v) is 11.8. The van der Waals surface area contributed by atoms with Gasteiger partial charge in [-0.2, -0.15) is 0 Å². The van der Waals surface area contributed by atoms with E-state index in [1.54, 1.807) is 4.40 Å². The van der Waals surface area contributed by atoms with Crippen molar-refractivity contribution >= 4 is 39.3 Å². The molecule has 0 spiro atoms. The van der Waals surface area contributed by atoms with Gasteiger partial charge in [0, 0.05) is 11.6 Å². The van der Waals surface area contributed by atoms with Crippen molar-refractivity contribution in [2.75, 3.05) is 7.11 Å². The Morgan fingerprint density at radius 3 is 2.87 bits per heavy atom. The van der Waals surface area contributed by atoms with Crippen LogP contribution in [-0.2, 0) is 4.74 Å². The Morgan fingerprint density at radius 2 is 2.17 bits per heavy atom. The van der Waals surface area contributed by atoms with Crippen molar-refractivity contribution in [2.24, 2.45) is 0 Å². The number of carboxylic acid groups (broad SMARTS) is 1. The van der Waals surface area contributed by atoms with Gasteiger partial charge in [-0.1, -0.05) is 0 Å². The lowest BCUT2D eigenvalue weighted by atomic mass is 10.1. The van der Waals surface area contributed by atoms with Gasteiger partial charge in [-0.15, -0.1) is 0 Å². The summed E-state index contributed by atoms with van der Waals surface area (Å²) in [6.07, 6.45) is 2.98. The molecule has 0 radical (unpaired) electrons. The Labute approximate surface area is 127 Å². The lowest BCUT2D eigenvalue weighted by molar-refractivity contribution is 0.0594. The number of ether oxygens (including phenoxy) is 1. The Bertz CT molecular complexity index is 1170. The maximum atomic E-state index is 12.6. The lowest BCUT2D eigenvalue weighted by Gasteiger charge is -2.05. The van der Waals surface area contributed by atoms with E-state index in [4.69, 9.17) is 0 Å². The molecule has 4 rings (SSSR count). The lowest BCUT2D eigenvalue weighted by Crippen LogP contribution is -2.06. The highest BCUT2D eigenvalue weighted by molar-refractivity contribution is 6.19. The predicted octanol–water partition coefficient (Wildman–Crippen LogP) is 1.25. The number of aromatic amines is 1. The number of carbonyl (C=O) groups is 2. The number of pyridine rings is 1. The molecular weight excluding hydrogens is 302 g/mol. The predicted molar refractivity (Wildman–Crippen MR) is 80.3 cm³/mol. The molecule has 0 bridgehead atoms. The monoisotopic (exact) mass is 311 g/mol. The van der Waals surface area contributed by atoms with Crippen LogP contribution in [0.4, 0.5) is 0 Å². The molecule has 0 atom stereocenters. The molecule has 4 aromatic rings. The second-order valence-corrected chi connectivity index (χ2v) is 5.05. The summed E-state index contributed by atoms with van der Waals surface area (Å²) < 4.78 is 6.22. The third-order valence-electron chi connectivity index (χ3n) is 3.86. The second-order valence-electron chi connectivity index (χ2n) is 5.05. The Kier molecular flexibility index (Phi) is 2.47. The fourth-order valence-electron chi connectivity index (χ4n) is 2.86. The van der Waals surface area contributed by atoms with E-state index in [-0.39, 0.29) is 33.1 Å². The molecule has 8 heteroatoms. The Balaban J connectivity index is 2.31. The van der Waals surface area contributed by atoms with Gasteiger partial charge in [-0.25, -0.2) is 14.6 Å². The number of hydrogen-bond donors (Lipinski definition) is 2. The fraction of sp³-hybridized carbons (Fsp3) is 0.0667. The summed E-state index contributed by atoms with van der Waals surface area (Å²) in [6, 6.07) is 2.78. The summed E-state index contributed by atoms with van der Waals surface area (Å²) in [5.74, 6) is -1.78. The molecule has 0 unspecified atom stereocenters. The van der Waals surface area contributed by atoms with Gasteiger partial charge in [0.2, 0.25) is 5.43 Å². The van der Waals surface area contributed by atoms with Crippen LogP contribution in [0.1, 0.15) is 20.8 Å². The van der Waals surface area contributed by atoms with Crippen LogP contribution in [0.15, 0.2) is 29.5 Å². The van der Waals surface area contributed by atoms with Crippen molar-refractivity contribution in [2.45, 2.75) is 0 Å². The van der Waals surface area contributed by atoms with Crippen LogP contribution in [0, 0.1) is 0 Å². The van der Waals surface area contributed by atoms with Gasteiger partial charge in [0.25, 0.3) is 0 Å². The summed E-state index contributed by atoms with van der Waals surface area (Å²) in [5, 5.41) is 9.97. The van der Waals surface area contributed by atoms with E-state index in [1.807, 2.05) is 0 Å². The molecule has 0 amide bonds. The standard InChI is InChI=1S/C15H9N3O5/c1-23-15(22)8-4-7-10(17-8)9-6(14(20)21)2-3-18-5-16-11(12(9)18)13(7)19/h2-5,17H,1H3,(H,20,21). The van der Waals surface area contributed by atoms with E-state index in [2.05, 4.69) is 14.7 Å². The van der Waals surface area contributed by atoms with E-state index in [0.29, 0.717) is 10.9 Å². The normalized spacial score (nSPS) is 11.5. The summed E-state index contributed by atoms with van der Waals surface area (Å²) in [4.78, 5) is 42.7. The minimum atomic E-state index is -1.14. The molecule has 0 saturated carbocycles. The maximum absolute atomic E-state index is 12.6. The summed E-state index contributed by atoms with van der Waals surface area (Å²) in [6.45, 7) is 0. The Hall–Kier alpha value is -3.42. The number of nitrogens with zero attached hydrogens (tertiary/aromatic N) is 2. The van der Waals surface area contributed by atoms with E-state index >= 15 is 0 Å². The van der Waals surface area contributed by atoms with Crippen LogP contribution in [0.25, 0.3) is 27.3 Å². The van der Waals surface area contributed by atoms with Crippen LogP contribution in [0.5, 0.6) is 0 Å². The van der Waals surface area contributed by atoms with E-state index in [9.17, 15) is 19.5 Å². The number of H-pyrrole nitrogens is 1. The second kappa shape index (κ2) is 4.29. The Morgan fingerprint density at radius 1 is 1.39 bits per heavy atom. The first-order valence-electron chi connectivity index (χ1n) is 6.62. The summed E-state index contributed by atoms with van der Waals surface area (Å²) >= 11 is 0. The first kappa shape index (κ1) is 13.3. The van der Waals surface area contributed by atoms with E-state index < -0.39 is 11.9 Å². The van der Waals surface area contributed by atoms with Crippen molar-refractivity contribution in [1.29, 1.82) is 0 Å². The number of esters is 1. The summed E-state index contributed by atoms with van der Waals surface area (Å²) in [5.41, 5.74) is 0.572. The SMILES string of the molecule is COC(=O)c1cc2c(=O)c3ncn4ccc(C(=O)O)c(c2[nH]1)c34. The average molecular weight is 311 g/mol. The van der Waals surface area contributed by atoms with Gasteiger partial charge >= 0.3 is 11.9 Å². The van der Waals surface area contributed by atoms with Crippen LogP contribution >= 0.6 is 0 Å². The zero-order chi connectivity index (χ0) is 16.3. The molecule has 0 aliphatic rings. The van der Waals surface area contributed by atoms with E-state index in [0.717, 1.165) is 0 Å². The van der Waals surface area contributed by atoms with Gasteiger partial charge in [0.05, 0.1) is 29.1 Å². The van der Waals surface area contributed by atoms with Crippen LogP contribution in [-0.4, -0.2) is 38.5 Å². The molecule has 3 aromatic heterocycles. The van der Waals surface area contributed by atoms with Crippen LogP contribution in [0.3, 0.4) is 0 Å². The molecule has 8 nitrogen and oxygen atoms in total. The van der Waals surface area contributed by atoms with Gasteiger partial charge < -0.3 is 19.2 Å². The number of rotatable bonds is 2. The molecule has 114 valence electrons. The maximum Gasteiger partial charge on any atom is 0.354 e. The molecule has 0 fully saturated rings. The molecule has 3 heterocycles. The smallest absolute Gasteiger partial charge is 0.354 e. The highest BCUT2D eigenvalue weighted by Gasteiger charge is 2.22. The molecule has 1 aromatic carbocycles. The number of aromatic nitrogens is 3. The minimum absolute atomic E-state index is 0.0197. The molecular formula is C15H9N3O5. The minimum Gasteiger partial charge on any atom is -0.478 e. The molecule has 0 saturated heterocycles. The highest BCUT2D eigenvalue weighted by Crippen LogP contribution is 2.29. The average Bonchev–Trinajstić information content (AvgIpc) is 3.16. The molecule has 0 aliphatic carbocycles. The van der Waals surface area contributed by atoms with Crippen LogP contribution < -0.4 is 5.43 Å². The fourth-order valence-corrected chi connectivity index (χ4v) is 2.86. The number of nitrogens with one attached hydrogen (secondary N) is 1. The molecule has 0 aliphatic heterocycles. The van der Waals surface area contributed by atoms with Gasteiger partial charge in [0.15, 0.2) is 0 Å². The number of aromatic carboxylic acids is 1. The highest BCUT2D eigenvalue weighted by atomic mass is 16.5. The van der Waals surface area contributed by atoms with Crippen molar-refractivity contribution in [3.8, 4) is 0 Å². The number of carbonyl (C=O) groups excluding carboxylic acids is 1. The van der Waals surface area contributed by atoms with Gasteiger partial charge in [0.1, 0.15) is 17.5 Å². The van der Waals surface area contributed by atoms with Crippen molar-refractivity contribution in [3.63, 3.8) is 0 Å².